The van der Waals surface area contributed by atoms with Gasteiger partial charge in [-0.3, -0.25) is 9.78 Å². The van der Waals surface area contributed by atoms with Crippen molar-refractivity contribution >= 4 is 17.3 Å². The van der Waals surface area contributed by atoms with E-state index >= 15 is 0 Å². The smallest absolute Gasteiger partial charge is 0.233 e. The number of benzene rings is 1. The highest BCUT2D eigenvalue weighted by Crippen LogP contribution is 2.41. The fourth-order valence-electron chi connectivity index (χ4n) is 3.53. The number of hydrogen-bond acceptors (Lipinski definition) is 4. The molecule has 2 aromatic rings. The highest BCUT2D eigenvalue weighted by atomic mass is 16.5. The van der Waals surface area contributed by atoms with Crippen LogP contribution in [0.15, 0.2) is 42.6 Å². The van der Waals surface area contributed by atoms with Crippen molar-refractivity contribution in [1.82, 2.24) is 4.98 Å². The number of ether oxygens (including phenoxy) is 1. The molecule has 1 saturated carbocycles. The van der Waals surface area contributed by atoms with Gasteiger partial charge in [0.15, 0.2) is 0 Å². The van der Waals surface area contributed by atoms with Crippen molar-refractivity contribution in [2.24, 2.45) is 5.41 Å². The molecule has 1 heterocycles. The van der Waals surface area contributed by atoms with Gasteiger partial charge in [0, 0.05) is 43.3 Å². The molecule has 1 aromatic heterocycles. The Morgan fingerprint density at radius 2 is 2.00 bits per heavy atom. The van der Waals surface area contributed by atoms with Crippen molar-refractivity contribution < 1.29 is 9.53 Å². The first-order chi connectivity index (χ1) is 13.2. The minimum Gasteiger partial charge on any atom is -0.359 e. The quantitative estimate of drug-likeness (QED) is 0.705. The van der Waals surface area contributed by atoms with Crippen LogP contribution in [0.1, 0.15) is 50.8 Å². The van der Waals surface area contributed by atoms with E-state index in [1.807, 2.05) is 64.2 Å². The SMILES string of the molecule is COC1(Nc2ccc(C)c(N(C)C(=O)C(C)(C)C(C)c3ccccn3)c2)CC1. The van der Waals surface area contributed by atoms with Crippen LogP contribution in [-0.2, 0) is 9.53 Å². The van der Waals surface area contributed by atoms with Gasteiger partial charge in [0.2, 0.25) is 5.91 Å². The number of pyridine rings is 1. The van der Waals surface area contributed by atoms with E-state index in [1.54, 1.807) is 18.2 Å². The number of hydrogen-bond donors (Lipinski definition) is 1. The standard InChI is InChI=1S/C23H31N3O2/c1-16-10-11-18(25-23(28-6)12-13-23)15-20(16)26(5)21(27)22(3,4)17(2)19-9-7-8-14-24-19/h7-11,14-15,17,25H,12-13H2,1-6H3. The molecular weight excluding hydrogens is 350 g/mol. The maximum absolute atomic E-state index is 13.5. The highest BCUT2D eigenvalue weighted by molar-refractivity contribution is 5.98. The van der Waals surface area contributed by atoms with Gasteiger partial charge in [0.05, 0.1) is 5.41 Å². The Hall–Kier alpha value is -2.40. The third kappa shape index (κ3) is 3.90. The first kappa shape index (κ1) is 20.3. The topological polar surface area (TPSA) is 54.5 Å². The number of carbonyl (C=O) groups excluding carboxylic acids is 1. The molecule has 1 aliphatic carbocycles. The molecule has 0 radical (unpaired) electrons. The molecule has 5 nitrogen and oxygen atoms in total. The highest BCUT2D eigenvalue weighted by Gasteiger charge is 2.43. The number of anilines is 2. The predicted octanol–water partition coefficient (Wildman–Crippen LogP) is 4.73. The van der Waals surface area contributed by atoms with E-state index in [1.165, 1.54) is 0 Å². The zero-order chi connectivity index (χ0) is 20.5. The lowest BCUT2D eigenvalue weighted by molar-refractivity contribution is -0.127. The maximum atomic E-state index is 13.5. The van der Waals surface area contributed by atoms with E-state index in [9.17, 15) is 4.79 Å². The number of nitrogens with one attached hydrogen (secondary N) is 1. The van der Waals surface area contributed by atoms with Gasteiger partial charge in [-0.15, -0.1) is 0 Å². The molecule has 1 atom stereocenters. The molecule has 0 bridgehead atoms. The lowest BCUT2D eigenvalue weighted by Crippen LogP contribution is -2.42. The number of rotatable bonds is 7. The summed E-state index contributed by atoms with van der Waals surface area (Å²) in [5.74, 6) is 0.0623. The van der Waals surface area contributed by atoms with E-state index < -0.39 is 5.41 Å². The molecule has 3 rings (SSSR count). The first-order valence-corrected chi connectivity index (χ1v) is 9.83. The Kier molecular flexibility index (Phi) is 5.48. The summed E-state index contributed by atoms with van der Waals surface area (Å²) in [6.07, 6.45) is 3.77. The Bertz CT molecular complexity index is 844. The maximum Gasteiger partial charge on any atom is 0.233 e. The molecule has 28 heavy (non-hydrogen) atoms. The number of carbonyl (C=O) groups is 1. The third-order valence-electron chi connectivity index (χ3n) is 6.11. The molecule has 1 aliphatic rings. The van der Waals surface area contributed by atoms with Gasteiger partial charge in [0.25, 0.3) is 0 Å². The Balaban J connectivity index is 1.84. The van der Waals surface area contributed by atoms with Crippen LogP contribution in [0.5, 0.6) is 0 Å². The average molecular weight is 382 g/mol. The normalized spacial score (nSPS) is 16.4. The van der Waals surface area contributed by atoms with Crippen molar-refractivity contribution in [2.45, 2.75) is 52.2 Å². The second-order valence-electron chi connectivity index (χ2n) is 8.39. The van der Waals surface area contributed by atoms with Crippen molar-refractivity contribution in [3.63, 3.8) is 0 Å². The van der Waals surface area contributed by atoms with E-state index in [0.717, 1.165) is 35.5 Å². The number of methoxy groups -OCH3 is 1. The fourth-order valence-corrected chi connectivity index (χ4v) is 3.53. The summed E-state index contributed by atoms with van der Waals surface area (Å²) in [7, 11) is 3.58. The molecule has 0 saturated heterocycles. The molecule has 0 spiro atoms. The minimum absolute atomic E-state index is 0.00603. The molecule has 5 heteroatoms. The van der Waals surface area contributed by atoms with E-state index in [2.05, 4.69) is 17.2 Å². The van der Waals surface area contributed by atoms with Crippen molar-refractivity contribution in [2.75, 3.05) is 24.4 Å². The van der Waals surface area contributed by atoms with Gasteiger partial charge in [-0.1, -0.05) is 32.9 Å². The summed E-state index contributed by atoms with van der Waals surface area (Å²) in [5, 5.41) is 3.46. The third-order valence-corrected chi connectivity index (χ3v) is 6.11. The van der Waals surface area contributed by atoms with Crippen LogP contribution >= 0.6 is 0 Å². The molecule has 1 amide bonds. The van der Waals surface area contributed by atoms with Crippen LogP contribution < -0.4 is 10.2 Å². The summed E-state index contributed by atoms with van der Waals surface area (Å²) >= 11 is 0. The number of aryl methyl sites for hydroxylation is 1. The zero-order valence-electron chi connectivity index (χ0n) is 17.7. The van der Waals surface area contributed by atoms with Crippen molar-refractivity contribution in [1.29, 1.82) is 0 Å². The second kappa shape index (κ2) is 7.55. The second-order valence-corrected chi connectivity index (χ2v) is 8.39. The molecule has 1 fully saturated rings. The molecule has 0 aliphatic heterocycles. The Morgan fingerprint density at radius 3 is 2.57 bits per heavy atom. The lowest BCUT2D eigenvalue weighted by atomic mass is 9.76. The van der Waals surface area contributed by atoms with Gasteiger partial charge >= 0.3 is 0 Å². The molecule has 1 N–H and O–H groups in total. The van der Waals surface area contributed by atoms with E-state index in [0.29, 0.717) is 0 Å². The zero-order valence-corrected chi connectivity index (χ0v) is 17.7. The Labute approximate surface area is 168 Å². The summed E-state index contributed by atoms with van der Waals surface area (Å²) in [6, 6.07) is 12.0. The summed E-state index contributed by atoms with van der Waals surface area (Å²) in [4.78, 5) is 19.7. The van der Waals surface area contributed by atoms with Gasteiger partial charge in [-0.25, -0.2) is 0 Å². The molecular formula is C23H31N3O2. The van der Waals surface area contributed by atoms with E-state index in [-0.39, 0.29) is 17.6 Å². The monoisotopic (exact) mass is 381 g/mol. The summed E-state index contributed by atoms with van der Waals surface area (Å²) < 4.78 is 5.57. The summed E-state index contributed by atoms with van der Waals surface area (Å²) in [6.45, 7) is 8.08. The van der Waals surface area contributed by atoms with Crippen LogP contribution in [0.3, 0.4) is 0 Å². The predicted molar refractivity (Wildman–Crippen MR) is 114 cm³/mol. The van der Waals surface area contributed by atoms with Crippen LogP contribution in [0.2, 0.25) is 0 Å². The van der Waals surface area contributed by atoms with Crippen LogP contribution in [-0.4, -0.2) is 30.8 Å². The van der Waals surface area contributed by atoms with Crippen molar-refractivity contribution in [3.05, 3.63) is 53.9 Å². The number of amides is 1. The average Bonchev–Trinajstić information content (AvgIpc) is 3.48. The largest absolute Gasteiger partial charge is 0.359 e. The minimum atomic E-state index is -0.594. The Morgan fingerprint density at radius 1 is 1.29 bits per heavy atom. The van der Waals surface area contributed by atoms with Crippen LogP contribution in [0.4, 0.5) is 11.4 Å². The molecule has 1 unspecified atom stereocenters. The van der Waals surface area contributed by atoms with Crippen molar-refractivity contribution in [3.8, 4) is 0 Å². The van der Waals surface area contributed by atoms with Gasteiger partial charge in [-0.05, 0) is 49.6 Å². The number of nitrogens with zero attached hydrogens (tertiary/aromatic N) is 2. The fraction of sp³-hybridized carbons (Fsp3) is 0.478. The van der Waals surface area contributed by atoms with Crippen LogP contribution in [0.25, 0.3) is 0 Å². The summed E-state index contributed by atoms with van der Waals surface area (Å²) in [5.41, 5.74) is 3.02. The molecule has 150 valence electrons. The van der Waals surface area contributed by atoms with Gasteiger partial charge in [0.1, 0.15) is 5.72 Å². The van der Waals surface area contributed by atoms with Gasteiger partial charge in [-0.2, -0.15) is 0 Å². The van der Waals surface area contributed by atoms with E-state index in [4.69, 9.17) is 4.74 Å². The lowest BCUT2D eigenvalue weighted by Gasteiger charge is -2.35. The first-order valence-electron chi connectivity index (χ1n) is 9.83. The molecule has 1 aromatic carbocycles. The number of aromatic nitrogens is 1. The van der Waals surface area contributed by atoms with Gasteiger partial charge < -0.3 is 15.0 Å². The van der Waals surface area contributed by atoms with Crippen LogP contribution in [0, 0.1) is 12.3 Å².